The average Bonchev–Trinajstić information content (AvgIpc) is 3.51. The fraction of sp³-hybridized carbons (Fsp3) is 0.750. The number of benzene rings is 1. The third-order valence-corrected chi connectivity index (χ3v) is 8.62. The number of fused-ring (bicyclic) bond motifs is 1. The third-order valence-electron chi connectivity index (χ3n) is 8.62. The molecule has 0 N–H and O–H groups in total. The summed E-state index contributed by atoms with van der Waals surface area (Å²) in [5.41, 5.74) is 3.05. The summed E-state index contributed by atoms with van der Waals surface area (Å²) in [7, 11) is 0. The van der Waals surface area contributed by atoms with Gasteiger partial charge in [-0.1, -0.05) is 25.0 Å². The average molecular weight is 440 g/mol. The Balaban J connectivity index is 0.988. The highest BCUT2D eigenvalue weighted by molar-refractivity contribution is 5.79. The molecule has 0 bridgehead atoms. The highest BCUT2D eigenvalue weighted by atomic mass is 16.5. The number of likely N-dealkylation sites (tertiary alicyclic amines) is 1. The Labute approximate surface area is 194 Å². The molecule has 0 unspecified atom stereocenters. The monoisotopic (exact) mass is 439 g/mol. The number of rotatable bonds is 8. The second kappa shape index (κ2) is 10.7. The van der Waals surface area contributed by atoms with Crippen molar-refractivity contribution in [2.45, 2.75) is 89.1 Å². The van der Waals surface area contributed by atoms with Crippen molar-refractivity contribution < 1.29 is 14.3 Å². The molecule has 32 heavy (non-hydrogen) atoms. The van der Waals surface area contributed by atoms with E-state index in [9.17, 15) is 4.79 Å². The van der Waals surface area contributed by atoms with E-state index in [4.69, 9.17) is 9.47 Å². The first-order valence-electron chi connectivity index (χ1n) is 13.3. The Morgan fingerprint density at radius 3 is 2.53 bits per heavy atom. The smallest absolute Gasteiger partial charge is 0.135 e. The lowest BCUT2D eigenvalue weighted by Crippen LogP contribution is -2.35. The van der Waals surface area contributed by atoms with Crippen LogP contribution in [0, 0.1) is 11.8 Å². The molecule has 0 spiro atoms. The lowest BCUT2D eigenvalue weighted by atomic mass is 9.78. The van der Waals surface area contributed by atoms with Crippen LogP contribution in [0.3, 0.4) is 0 Å². The molecule has 176 valence electrons. The minimum Gasteiger partial charge on any atom is -0.493 e. The molecule has 0 radical (unpaired) electrons. The topological polar surface area (TPSA) is 38.8 Å². The van der Waals surface area contributed by atoms with Gasteiger partial charge >= 0.3 is 0 Å². The van der Waals surface area contributed by atoms with E-state index >= 15 is 0 Å². The third kappa shape index (κ3) is 5.56. The van der Waals surface area contributed by atoms with Gasteiger partial charge in [0, 0.05) is 31.4 Å². The highest BCUT2D eigenvalue weighted by Crippen LogP contribution is 2.38. The Morgan fingerprint density at radius 1 is 0.938 bits per heavy atom. The van der Waals surface area contributed by atoms with Crippen LogP contribution in [0.5, 0.6) is 5.75 Å². The van der Waals surface area contributed by atoms with Crippen LogP contribution in [-0.2, 0) is 16.0 Å². The molecule has 0 aromatic heterocycles. The summed E-state index contributed by atoms with van der Waals surface area (Å²) in [6, 6.07) is 6.66. The van der Waals surface area contributed by atoms with Crippen molar-refractivity contribution in [1.29, 1.82) is 0 Å². The van der Waals surface area contributed by atoms with Crippen molar-refractivity contribution >= 4 is 5.78 Å². The zero-order valence-corrected chi connectivity index (χ0v) is 19.7. The van der Waals surface area contributed by atoms with E-state index in [1.165, 1.54) is 70.1 Å². The fourth-order valence-corrected chi connectivity index (χ4v) is 6.65. The van der Waals surface area contributed by atoms with Crippen LogP contribution in [0.4, 0.5) is 0 Å². The van der Waals surface area contributed by atoms with Gasteiger partial charge in [0.1, 0.15) is 11.5 Å². The summed E-state index contributed by atoms with van der Waals surface area (Å²) in [5, 5.41) is 0. The normalized spacial score (nSPS) is 29.1. The van der Waals surface area contributed by atoms with Crippen molar-refractivity contribution in [3.63, 3.8) is 0 Å². The van der Waals surface area contributed by atoms with Crippen LogP contribution in [0.15, 0.2) is 18.2 Å². The zero-order chi connectivity index (χ0) is 21.8. The van der Waals surface area contributed by atoms with Crippen LogP contribution < -0.4 is 4.74 Å². The van der Waals surface area contributed by atoms with Gasteiger partial charge in [-0.2, -0.15) is 0 Å². The van der Waals surface area contributed by atoms with E-state index in [1.807, 2.05) is 0 Å². The standard InChI is InChI=1S/C28H41NO3/c30-24(20-25-3-2-17-31-25)19-22-8-6-21(7-9-22)10-14-29-15-11-23(12-16-29)26-4-1-5-28-27(26)13-18-32-28/h1,4-5,21-23,25H,2-3,6-20H2/t21?,22?,25-/m1/s1. The Hall–Kier alpha value is -1.39. The molecule has 1 saturated carbocycles. The van der Waals surface area contributed by atoms with E-state index in [-0.39, 0.29) is 6.10 Å². The number of ether oxygens (including phenoxy) is 2. The van der Waals surface area contributed by atoms with Crippen LogP contribution in [0.2, 0.25) is 0 Å². The van der Waals surface area contributed by atoms with Gasteiger partial charge in [0.05, 0.1) is 12.7 Å². The van der Waals surface area contributed by atoms with Crippen molar-refractivity contribution in [2.24, 2.45) is 11.8 Å². The van der Waals surface area contributed by atoms with Crippen LogP contribution in [0.1, 0.15) is 87.7 Å². The van der Waals surface area contributed by atoms with Crippen molar-refractivity contribution in [3.05, 3.63) is 29.3 Å². The molecule has 4 aliphatic rings. The van der Waals surface area contributed by atoms with E-state index in [1.54, 1.807) is 5.56 Å². The number of Topliss-reactive ketones (excluding diaryl/α,β-unsaturated/α-hetero) is 1. The molecular formula is C28H41NO3. The first kappa shape index (κ1) is 22.4. The minimum atomic E-state index is 0.221. The Kier molecular flexibility index (Phi) is 7.49. The van der Waals surface area contributed by atoms with E-state index in [2.05, 4.69) is 23.1 Å². The number of hydrogen-bond acceptors (Lipinski definition) is 4. The maximum atomic E-state index is 12.4. The summed E-state index contributed by atoms with van der Waals surface area (Å²) in [4.78, 5) is 15.1. The predicted octanol–water partition coefficient (Wildman–Crippen LogP) is 5.53. The lowest BCUT2D eigenvalue weighted by Gasteiger charge is -2.35. The fourth-order valence-electron chi connectivity index (χ4n) is 6.65. The Morgan fingerprint density at radius 2 is 1.75 bits per heavy atom. The molecule has 2 saturated heterocycles. The van der Waals surface area contributed by atoms with Gasteiger partial charge in [0.25, 0.3) is 0 Å². The summed E-state index contributed by atoms with van der Waals surface area (Å²) in [6.07, 6.45) is 14.1. The van der Waals surface area contributed by atoms with Gasteiger partial charge in [-0.3, -0.25) is 4.79 Å². The van der Waals surface area contributed by atoms with Gasteiger partial charge in [-0.25, -0.2) is 0 Å². The molecule has 5 rings (SSSR count). The maximum absolute atomic E-state index is 12.4. The molecular weight excluding hydrogens is 398 g/mol. The second-order valence-electron chi connectivity index (χ2n) is 10.8. The molecule has 1 aromatic carbocycles. The first-order chi connectivity index (χ1) is 15.7. The minimum absolute atomic E-state index is 0.221. The van der Waals surface area contributed by atoms with Gasteiger partial charge in [0.2, 0.25) is 0 Å². The van der Waals surface area contributed by atoms with Crippen molar-refractivity contribution in [3.8, 4) is 5.75 Å². The number of piperidine rings is 1. The van der Waals surface area contributed by atoms with Crippen molar-refractivity contribution in [1.82, 2.24) is 4.90 Å². The molecule has 1 aliphatic carbocycles. The SMILES string of the molecule is O=C(CC1CCC(CCN2CCC(c3cccc4c3CCO4)CC2)CC1)C[C@H]1CCCO1. The number of ketones is 1. The maximum Gasteiger partial charge on any atom is 0.135 e. The quantitative estimate of drug-likeness (QED) is 0.534. The molecule has 1 aromatic rings. The first-order valence-corrected chi connectivity index (χ1v) is 13.3. The highest BCUT2D eigenvalue weighted by Gasteiger charge is 2.28. The molecule has 3 fully saturated rings. The molecule has 1 atom stereocenters. The molecule has 4 heteroatoms. The number of carbonyl (C=O) groups excluding carboxylic acids is 1. The molecule has 4 nitrogen and oxygen atoms in total. The summed E-state index contributed by atoms with van der Waals surface area (Å²) >= 11 is 0. The van der Waals surface area contributed by atoms with Crippen molar-refractivity contribution in [2.75, 3.05) is 32.8 Å². The van der Waals surface area contributed by atoms with Gasteiger partial charge < -0.3 is 14.4 Å². The summed E-state index contributed by atoms with van der Waals surface area (Å²) in [6.45, 7) is 5.45. The van der Waals surface area contributed by atoms with E-state index in [0.717, 1.165) is 50.6 Å². The Bertz CT molecular complexity index is 756. The summed E-state index contributed by atoms with van der Waals surface area (Å²) in [5.74, 6) is 3.79. The largest absolute Gasteiger partial charge is 0.493 e. The molecule has 3 heterocycles. The lowest BCUT2D eigenvalue weighted by molar-refractivity contribution is -0.122. The molecule has 3 aliphatic heterocycles. The number of nitrogens with zero attached hydrogens (tertiary/aromatic N) is 1. The second-order valence-corrected chi connectivity index (χ2v) is 10.8. The van der Waals surface area contributed by atoms with E-state index in [0.29, 0.717) is 24.0 Å². The zero-order valence-electron chi connectivity index (χ0n) is 19.7. The van der Waals surface area contributed by atoms with Gasteiger partial charge in [-0.15, -0.1) is 0 Å². The van der Waals surface area contributed by atoms with Gasteiger partial charge in [-0.05, 0) is 94.0 Å². The molecule has 0 amide bonds. The van der Waals surface area contributed by atoms with Gasteiger partial charge in [0.15, 0.2) is 0 Å². The van der Waals surface area contributed by atoms with Crippen LogP contribution in [-0.4, -0.2) is 49.6 Å². The predicted molar refractivity (Wildman–Crippen MR) is 127 cm³/mol. The van der Waals surface area contributed by atoms with Crippen LogP contribution in [0.25, 0.3) is 0 Å². The van der Waals surface area contributed by atoms with E-state index < -0.39 is 0 Å². The number of hydrogen-bond donors (Lipinski definition) is 0. The van der Waals surface area contributed by atoms with Crippen LogP contribution >= 0.6 is 0 Å². The number of carbonyl (C=O) groups is 1. The summed E-state index contributed by atoms with van der Waals surface area (Å²) < 4.78 is 11.4.